The Labute approximate surface area is 233 Å². The lowest BCUT2D eigenvalue weighted by Gasteiger charge is -2.32. The van der Waals surface area contributed by atoms with Crippen LogP contribution in [0, 0.1) is 5.82 Å². The fourth-order valence-corrected chi connectivity index (χ4v) is 7.56. The summed E-state index contributed by atoms with van der Waals surface area (Å²) in [5.41, 5.74) is -0.0118. The van der Waals surface area contributed by atoms with E-state index in [1.807, 2.05) is 6.92 Å². The molecule has 2 amide bonds. The lowest BCUT2D eigenvalue weighted by molar-refractivity contribution is 0.0607. The number of benzene rings is 1. The molecule has 5 rings (SSSR count). The van der Waals surface area contributed by atoms with Crippen molar-refractivity contribution in [3.63, 3.8) is 0 Å². The van der Waals surface area contributed by atoms with E-state index in [0.717, 1.165) is 43.7 Å². The summed E-state index contributed by atoms with van der Waals surface area (Å²) >= 11 is 0. The average Bonchev–Trinajstić information content (AvgIpc) is 3.79. The number of carboxylic acid groups (broad SMARTS) is 1. The molecule has 2 aromatic rings. The van der Waals surface area contributed by atoms with Gasteiger partial charge in [0, 0.05) is 29.2 Å². The van der Waals surface area contributed by atoms with Crippen molar-refractivity contribution < 1.29 is 28.0 Å². The maximum Gasteiger partial charge on any atom is 0.442 e. The molecule has 1 aromatic heterocycles. The van der Waals surface area contributed by atoms with Gasteiger partial charge in [-0.05, 0) is 102 Å². The molecule has 0 aliphatic heterocycles. The summed E-state index contributed by atoms with van der Waals surface area (Å²) in [6.07, 6.45) is 7.06. The van der Waals surface area contributed by atoms with Gasteiger partial charge >= 0.3 is 12.2 Å². The van der Waals surface area contributed by atoms with Crippen LogP contribution in [0.15, 0.2) is 39.9 Å². The second-order valence-electron chi connectivity index (χ2n) is 12.3. The third kappa shape index (κ3) is 6.06. The fourth-order valence-electron chi connectivity index (χ4n) is 5.36. The Kier molecular flexibility index (Phi) is 7.26. The molecule has 1 aromatic carbocycles. The number of carbonyl (C=O) groups excluding carboxylic acids is 1. The summed E-state index contributed by atoms with van der Waals surface area (Å²) in [5, 5.41) is 12.3. The van der Waals surface area contributed by atoms with Crippen molar-refractivity contribution in [2.24, 2.45) is 4.36 Å². The first-order valence-electron chi connectivity index (χ1n) is 13.7. The molecule has 1 heterocycles. The number of nitrogens with one attached hydrogen (secondary N) is 1. The molecule has 1 unspecified atom stereocenters. The normalized spacial score (nSPS) is 23.1. The van der Waals surface area contributed by atoms with E-state index in [-0.39, 0.29) is 39.3 Å². The Morgan fingerprint density at radius 1 is 1.18 bits per heavy atom. The molecule has 3 aliphatic rings. The van der Waals surface area contributed by atoms with Crippen molar-refractivity contribution >= 4 is 33.6 Å². The Morgan fingerprint density at radius 2 is 1.85 bits per heavy atom. The van der Waals surface area contributed by atoms with Gasteiger partial charge in [-0.25, -0.2) is 28.2 Å². The van der Waals surface area contributed by atoms with Crippen LogP contribution < -0.4 is 5.32 Å². The van der Waals surface area contributed by atoms with Crippen molar-refractivity contribution in [2.45, 2.75) is 106 Å². The summed E-state index contributed by atoms with van der Waals surface area (Å²) in [5.74, 6) is -0.313. The summed E-state index contributed by atoms with van der Waals surface area (Å²) in [7, 11) is -3.18. The molecule has 10 nitrogen and oxygen atoms in total. The van der Waals surface area contributed by atoms with Crippen LogP contribution in [0.2, 0.25) is 0 Å². The van der Waals surface area contributed by atoms with E-state index in [1.165, 1.54) is 12.1 Å². The number of amides is 2. The van der Waals surface area contributed by atoms with Gasteiger partial charge in [0.2, 0.25) is 5.95 Å². The van der Waals surface area contributed by atoms with E-state index in [9.17, 15) is 18.9 Å². The van der Waals surface area contributed by atoms with Crippen molar-refractivity contribution in [3.05, 3.63) is 42.0 Å². The van der Waals surface area contributed by atoms with E-state index < -0.39 is 33.3 Å². The van der Waals surface area contributed by atoms with Crippen LogP contribution in [-0.4, -0.2) is 58.8 Å². The van der Waals surface area contributed by atoms with E-state index >= 15 is 4.39 Å². The molecular formula is C28H36FN5O5S. The topological polar surface area (TPSA) is 134 Å². The van der Waals surface area contributed by atoms with Crippen LogP contribution in [0.4, 0.5) is 25.6 Å². The van der Waals surface area contributed by atoms with Gasteiger partial charge in [0.1, 0.15) is 11.4 Å². The van der Waals surface area contributed by atoms with Gasteiger partial charge in [-0.2, -0.15) is 0 Å². The highest BCUT2D eigenvalue weighted by Gasteiger charge is 2.50. The van der Waals surface area contributed by atoms with Crippen LogP contribution >= 0.6 is 0 Å². The third-order valence-corrected chi connectivity index (χ3v) is 10.5. The number of hydrogen-bond acceptors (Lipinski definition) is 7. The molecule has 216 valence electrons. The highest BCUT2D eigenvalue weighted by atomic mass is 32.2. The maximum absolute atomic E-state index is 15.1. The zero-order valence-corrected chi connectivity index (χ0v) is 24.0. The van der Waals surface area contributed by atoms with Crippen LogP contribution in [0.1, 0.15) is 84.1 Å². The van der Waals surface area contributed by atoms with Crippen LogP contribution in [0.3, 0.4) is 0 Å². The molecule has 12 heteroatoms. The molecule has 3 atom stereocenters. The van der Waals surface area contributed by atoms with E-state index in [1.54, 1.807) is 38.1 Å². The highest BCUT2D eigenvalue weighted by molar-refractivity contribution is 7.94. The molecule has 2 N–H and O–H groups in total. The Bertz CT molecular complexity index is 1430. The number of rotatable bonds is 7. The number of ether oxygens (including phenoxy) is 1. The first kappa shape index (κ1) is 28.3. The highest BCUT2D eigenvalue weighted by Crippen LogP contribution is 2.47. The second-order valence-corrected chi connectivity index (χ2v) is 14.7. The minimum absolute atomic E-state index is 0.0200. The summed E-state index contributed by atoms with van der Waals surface area (Å²) < 4.78 is 37.9. The maximum atomic E-state index is 15.1. The summed E-state index contributed by atoms with van der Waals surface area (Å²) in [6.45, 7) is 7.09. The Morgan fingerprint density at radius 3 is 2.40 bits per heavy atom. The van der Waals surface area contributed by atoms with Gasteiger partial charge in [-0.15, -0.1) is 4.36 Å². The van der Waals surface area contributed by atoms with Crippen LogP contribution in [0.25, 0.3) is 0 Å². The van der Waals surface area contributed by atoms with Crippen LogP contribution in [0.5, 0.6) is 0 Å². The van der Waals surface area contributed by atoms with Gasteiger partial charge in [-0.1, -0.05) is 0 Å². The predicted molar refractivity (Wildman–Crippen MR) is 148 cm³/mol. The van der Waals surface area contributed by atoms with E-state index in [0.29, 0.717) is 12.8 Å². The van der Waals surface area contributed by atoms with Crippen molar-refractivity contribution in [1.82, 2.24) is 14.9 Å². The summed E-state index contributed by atoms with van der Waals surface area (Å²) in [6, 6.07) is 4.06. The van der Waals surface area contributed by atoms with Gasteiger partial charge in [-0.3, -0.25) is 4.90 Å². The smallest absolute Gasteiger partial charge is 0.442 e. The minimum Gasteiger partial charge on any atom is -0.465 e. The van der Waals surface area contributed by atoms with Crippen LogP contribution in [-0.2, 0) is 14.5 Å². The Hall–Kier alpha value is -3.28. The van der Waals surface area contributed by atoms with Crippen molar-refractivity contribution in [3.8, 4) is 0 Å². The average molecular weight is 574 g/mol. The van der Waals surface area contributed by atoms with E-state index in [2.05, 4.69) is 19.6 Å². The third-order valence-electron chi connectivity index (χ3n) is 7.78. The largest absolute Gasteiger partial charge is 0.465 e. The monoisotopic (exact) mass is 573 g/mol. The molecule has 3 fully saturated rings. The van der Waals surface area contributed by atoms with Gasteiger partial charge in [0.05, 0.1) is 20.3 Å². The van der Waals surface area contributed by atoms with Crippen molar-refractivity contribution in [2.75, 3.05) is 5.32 Å². The molecule has 0 radical (unpaired) electrons. The van der Waals surface area contributed by atoms with Gasteiger partial charge < -0.3 is 15.2 Å². The molecule has 0 bridgehead atoms. The number of anilines is 2. The zero-order valence-electron chi connectivity index (χ0n) is 23.2. The molecule has 3 aliphatic carbocycles. The SMILES string of the molecule is CC(C)(C)OC(=O)N=S(=O)(c1ccc(Nc2ncc([C@H]3CC[C@@H](N(C(=O)O)C4(C)CC4)C3)cn2)c(F)c1)C1CC1. The molecule has 3 saturated carbocycles. The number of carbonyl (C=O) groups is 2. The minimum atomic E-state index is -3.18. The lowest BCUT2D eigenvalue weighted by atomic mass is 10.0. The zero-order chi connectivity index (χ0) is 28.9. The summed E-state index contributed by atoms with van der Waals surface area (Å²) in [4.78, 5) is 34.7. The quantitative estimate of drug-likeness (QED) is 0.386. The molecule has 0 saturated heterocycles. The molecule has 0 spiro atoms. The number of hydrogen-bond donors (Lipinski definition) is 2. The standard InChI is InChI=1S/C28H36FN5O5S/c1-27(2,3)39-25(35)33-40(38,20-7-8-20)21-9-10-23(22(29)14-21)32-24-30-15-18(16-31-24)17-5-6-19(13-17)34(26(36)37)28(4)11-12-28/h9-10,14-17,19-20H,5-8,11-13H2,1-4H3,(H,36,37)(H,30,31,32)/t17-,19+,40?/m0/s1. The fraction of sp³-hybridized carbons (Fsp3) is 0.571. The van der Waals surface area contributed by atoms with E-state index in [4.69, 9.17) is 4.74 Å². The number of aromatic nitrogens is 2. The Balaban J connectivity index is 1.27. The predicted octanol–water partition coefficient (Wildman–Crippen LogP) is 6.45. The van der Waals surface area contributed by atoms with Gasteiger partial charge in [0.25, 0.3) is 0 Å². The molecular weight excluding hydrogens is 537 g/mol. The second kappa shape index (κ2) is 10.3. The van der Waals surface area contributed by atoms with Gasteiger partial charge in [0.15, 0.2) is 0 Å². The lowest BCUT2D eigenvalue weighted by Crippen LogP contribution is -2.45. The first-order valence-corrected chi connectivity index (χ1v) is 15.2. The number of nitrogens with zero attached hydrogens (tertiary/aromatic N) is 4. The number of halogens is 1. The first-order chi connectivity index (χ1) is 18.8. The van der Waals surface area contributed by atoms with Crippen molar-refractivity contribution in [1.29, 1.82) is 0 Å². The molecule has 40 heavy (non-hydrogen) atoms.